The largest absolute Gasteiger partial charge is 0.387 e. The zero-order valence-electron chi connectivity index (χ0n) is 11.9. The molecule has 104 valence electrons. The summed E-state index contributed by atoms with van der Waals surface area (Å²) in [5.41, 5.74) is 1.31. The number of nitrogens with zero attached hydrogens (tertiary/aromatic N) is 1. The highest BCUT2D eigenvalue weighted by molar-refractivity contribution is 6.00. The lowest BCUT2D eigenvalue weighted by Crippen LogP contribution is -2.41. The number of likely N-dealkylation sites (N-methyl/N-ethyl adjacent to an activating group) is 1. The lowest BCUT2D eigenvalue weighted by molar-refractivity contribution is -0.122. The van der Waals surface area contributed by atoms with Crippen LogP contribution in [0.25, 0.3) is 0 Å². The number of para-hydroxylation sites is 1. The summed E-state index contributed by atoms with van der Waals surface area (Å²) >= 11 is 0. The first-order valence-corrected chi connectivity index (χ1v) is 6.27. The second kappa shape index (κ2) is 6.78. The van der Waals surface area contributed by atoms with Crippen LogP contribution in [0.3, 0.4) is 0 Å². The lowest BCUT2D eigenvalue weighted by Gasteiger charge is -2.19. The van der Waals surface area contributed by atoms with Crippen molar-refractivity contribution in [2.24, 2.45) is 0 Å². The topological polar surface area (TPSA) is 61.4 Å². The first-order chi connectivity index (χ1) is 8.95. The summed E-state index contributed by atoms with van der Waals surface area (Å²) in [5, 5.41) is 5.73. The SMILES string of the molecule is CNc1ccccc1C(=O)N(C)CC(=O)NC(C)C. The van der Waals surface area contributed by atoms with E-state index in [-0.39, 0.29) is 24.4 Å². The van der Waals surface area contributed by atoms with Crippen LogP contribution in [-0.4, -0.2) is 43.4 Å². The van der Waals surface area contributed by atoms with E-state index in [9.17, 15) is 9.59 Å². The summed E-state index contributed by atoms with van der Waals surface area (Å²) in [6, 6.07) is 7.30. The third-order valence-corrected chi connectivity index (χ3v) is 2.60. The molecule has 0 aromatic heterocycles. The van der Waals surface area contributed by atoms with Crippen LogP contribution in [-0.2, 0) is 4.79 Å². The molecule has 0 saturated carbocycles. The Bertz CT molecular complexity index is 458. The molecule has 0 atom stereocenters. The molecule has 0 fully saturated rings. The average Bonchev–Trinajstić information content (AvgIpc) is 2.36. The van der Waals surface area contributed by atoms with Gasteiger partial charge in [0, 0.05) is 25.8 Å². The van der Waals surface area contributed by atoms with E-state index in [1.807, 2.05) is 26.0 Å². The van der Waals surface area contributed by atoms with Gasteiger partial charge < -0.3 is 15.5 Å². The van der Waals surface area contributed by atoms with Gasteiger partial charge in [0.2, 0.25) is 5.91 Å². The molecule has 5 nitrogen and oxygen atoms in total. The van der Waals surface area contributed by atoms with Crippen molar-refractivity contribution in [3.63, 3.8) is 0 Å². The molecule has 2 N–H and O–H groups in total. The molecule has 0 aliphatic heterocycles. The molecule has 1 rings (SSSR count). The molecule has 5 heteroatoms. The summed E-state index contributed by atoms with van der Waals surface area (Å²) in [5.74, 6) is -0.336. The van der Waals surface area contributed by atoms with Gasteiger partial charge in [-0.15, -0.1) is 0 Å². The summed E-state index contributed by atoms with van der Waals surface area (Å²) < 4.78 is 0. The second-order valence-electron chi connectivity index (χ2n) is 4.68. The van der Waals surface area contributed by atoms with Gasteiger partial charge in [0.15, 0.2) is 0 Å². The first-order valence-electron chi connectivity index (χ1n) is 6.27. The number of amides is 2. The summed E-state index contributed by atoms with van der Waals surface area (Å²) in [4.78, 5) is 25.3. The van der Waals surface area contributed by atoms with Gasteiger partial charge in [-0.05, 0) is 26.0 Å². The summed E-state index contributed by atoms with van der Waals surface area (Å²) in [6.45, 7) is 3.82. The molecule has 2 amide bonds. The zero-order valence-corrected chi connectivity index (χ0v) is 11.9. The summed E-state index contributed by atoms with van der Waals surface area (Å²) in [7, 11) is 3.38. The number of anilines is 1. The predicted molar refractivity (Wildman–Crippen MR) is 76.2 cm³/mol. The molecule has 0 aliphatic carbocycles. The smallest absolute Gasteiger partial charge is 0.256 e. The molecule has 0 heterocycles. The minimum absolute atomic E-state index is 0.0507. The number of rotatable bonds is 5. The second-order valence-corrected chi connectivity index (χ2v) is 4.68. The Labute approximate surface area is 114 Å². The van der Waals surface area contributed by atoms with Crippen molar-refractivity contribution in [1.82, 2.24) is 10.2 Å². The Hall–Kier alpha value is -2.04. The third-order valence-electron chi connectivity index (χ3n) is 2.60. The van der Waals surface area contributed by atoms with E-state index < -0.39 is 0 Å². The monoisotopic (exact) mass is 263 g/mol. The molecule has 0 unspecified atom stereocenters. The van der Waals surface area contributed by atoms with Crippen LogP contribution in [0.2, 0.25) is 0 Å². The Morgan fingerprint density at radius 3 is 2.47 bits per heavy atom. The maximum absolute atomic E-state index is 12.3. The van der Waals surface area contributed by atoms with Gasteiger partial charge in [-0.1, -0.05) is 12.1 Å². The van der Waals surface area contributed by atoms with Crippen LogP contribution in [0.4, 0.5) is 5.69 Å². The predicted octanol–water partition coefficient (Wildman–Crippen LogP) is 1.32. The Kier molecular flexibility index (Phi) is 5.36. The van der Waals surface area contributed by atoms with Crippen molar-refractivity contribution in [2.75, 3.05) is 26.0 Å². The summed E-state index contributed by atoms with van der Waals surface area (Å²) in [6.07, 6.45) is 0. The van der Waals surface area contributed by atoms with Gasteiger partial charge in [0.25, 0.3) is 5.91 Å². The highest BCUT2D eigenvalue weighted by Gasteiger charge is 2.17. The normalized spacial score (nSPS) is 10.2. The van der Waals surface area contributed by atoms with Crippen LogP contribution in [0.1, 0.15) is 24.2 Å². The van der Waals surface area contributed by atoms with E-state index in [1.54, 1.807) is 26.2 Å². The molecule has 1 aromatic carbocycles. The number of carbonyl (C=O) groups excluding carboxylic acids is 2. The van der Waals surface area contributed by atoms with Gasteiger partial charge in [-0.3, -0.25) is 9.59 Å². The molecule has 1 aromatic rings. The Morgan fingerprint density at radius 2 is 1.89 bits per heavy atom. The van der Waals surface area contributed by atoms with Crippen molar-refractivity contribution in [3.05, 3.63) is 29.8 Å². The van der Waals surface area contributed by atoms with Crippen LogP contribution < -0.4 is 10.6 Å². The molecule has 19 heavy (non-hydrogen) atoms. The van der Waals surface area contributed by atoms with Crippen LogP contribution >= 0.6 is 0 Å². The van der Waals surface area contributed by atoms with Gasteiger partial charge in [0.1, 0.15) is 0 Å². The number of hydrogen-bond acceptors (Lipinski definition) is 3. The standard InChI is InChI=1S/C14H21N3O2/c1-10(2)16-13(18)9-17(4)14(19)11-7-5-6-8-12(11)15-3/h5-8,10,15H,9H2,1-4H3,(H,16,18). The number of nitrogens with one attached hydrogen (secondary N) is 2. The van der Waals surface area contributed by atoms with Crippen molar-refractivity contribution in [3.8, 4) is 0 Å². The molecular formula is C14H21N3O2. The van der Waals surface area contributed by atoms with Crippen molar-refractivity contribution < 1.29 is 9.59 Å². The van der Waals surface area contributed by atoms with Crippen LogP contribution in [0.15, 0.2) is 24.3 Å². The number of hydrogen-bond donors (Lipinski definition) is 2. The van der Waals surface area contributed by atoms with E-state index in [1.165, 1.54) is 4.90 Å². The van der Waals surface area contributed by atoms with Crippen molar-refractivity contribution >= 4 is 17.5 Å². The highest BCUT2D eigenvalue weighted by atomic mass is 16.2. The van der Waals surface area contributed by atoms with E-state index in [2.05, 4.69) is 10.6 Å². The fourth-order valence-electron chi connectivity index (χ4n) is 1.75. The van der Waals surface area contributed by atoms with E-state index >= 15 is 0 Å². The fourth-order valence-corrected chi connectivity index (χ4v) is 1.75. The first kappa shape index (κ1) is 15.0. The van der Waals surface area contributed by atoms with E-state index in [0.29, 0.717) is 5.56 Å². The minimum Gasteiger partial charge on any atom is -0.387 e. The zero-order chi connectivity index (χ0) is 14.4. The number of benzene rings is 1. The fraction of sp³-hybridized carbons (Fsp3) is 0.429. The van der Waals surface area contributed by atoms with Gasteiger partial charge in [-0.25, -0.2) is 0 Å². The molecule has 0 aliphatic rings. The molecule has 0 spiro atoms. The van der Waals surface area contributed by atoms with Crippen molar-refractivity contribution in [2.45, 2.75) is 19.9 Å². The van der Waals surface area contributed by atoms with E-state index in [0.717, 1.165) is 5.69 Å². The molecule has 0 radical (unpaired) electrons. The average molecular weight is 263 g/mol. The minimum atomic E-state index is -0.177. The van der Waals surface area contributed by atoms with Gasteiger partial charge in [0.05, 0.1) is 12.1 Å². The Morgan fingerprint density at radius 1 is 1.26 bits per heavy atom. The third kappa shape index (κ3) is 4.28. The number of carbonyl (C=O) groups is 2. The molecule has 0 saturated heterocycles. The maximum Gasteiger partial charge on any atom is 0.256 e. The van der Waals surface area contributed by atoms with Crippen LogP contribution in [0, 0.1) is 0 Å². The maximum atomic E-state index is 12.3. The van der Waals surface area contributed by atoms with Crippen LogP contribution in [0.5, 0.6) is 0 Å². The van der Waals surface area contributed by atoms with Gasteiger partial charge >= 0.3 is 0 Å². The highest BCUT2D eigenvalue weighted by Crippen LogP contribution is 2.15. The van der Waals surface area contributed by atoms with Crippen molar-refractivity contribution in [1.29, 1.82) is 0 Å². The Balaban J connectivity index is 2.74. The lowest BCUT2D eigenvalue weighted by atomic mass is 10.1. The molecule has 0 bridgehead atoms. The van der Waals surface area contributed by atoms with Gasteiger partial charge in [-0.2, -0.15) is 0 Å². The van der Waals surface area contributed by atoms with E-state index in [4.69, 9.17) is 0 Å². The quantitative estimate of drug-likeness (QED) is 0.842. The molecular weight excluding hydrogens is 242 g/mol.